The summed E-state index contributed by atoms with van der Waals surface area (Å²) in [6.07, 6.45) is 21.6. The Hall–Kier alpha value is 0.170. The van der Waals surface area contributed by atoms with Crippen molar-refractivity contribution in [2.75, 3.05) is 19.5 Å². The van der Waals surface area contributed by atoms with E-state index in [0.717, 1.165) is 5.88 Å². The molecule has 0 saturated carbocycles. The van der Waals surface area contributed by atoms with Crippen molar-refractivity contribution in [1.82, 2.24) is 5.32 Å². The van der Waals surface area contributed by atoms with Crippen LogP contribution in [0.3, 0.4) is 0 Å². The van der Waals surface area contributed by atoms with Crippen LogP contribution in [0.15, 0.2) is 0 Å². The first-order chi connectivity index (χ1) is 12.2. The minimum atomic E-state index is -1.21. The van der Waals surface area contributed by atoms with Gasteiger partial charge in [0.15, 0.2) is 6.29 Å². The van der Waals surface area contributed by atoms with E-state index in [0.29, 0.717) is 0 Å². The molecule has 0 aliphatic heterocycles. The SMILES string of the molecule is CCCCCCCCCCCCCCCCCCCl.CNCC(O)O. The van der Waals surface area contributed by atoms with Gasteiger partial charge in [0.2, 0.25) is 0 Å². The molecule has 0 aliphatic rings. The number of unbranched alkanes of at least 4 members (excludes halogenated alkanes) is 15. The van der Waals surface area contributed by atoms with Gasteiger partial charge >= 0.3 is 0 Å². The Morgan fingerprint density at radius 3 is 1.16 bits per heavy atom. The summed E-state index contributed by atoms with van der Waals surface area (Å²) >= 11 is 5.66. The monoisotopic (exact) mass is 379 g/mol. The molecule has 0 rings (SSSR count). The van der Waals surface area contributed by atoms with Crippen LogP contribution in [0, 0.1) is 0 Å². The van der Waals surface area contributed by atoms with Crippen molar-refractivity contribution in [1.29, 1.82) is 0 Å². The Kier molecular flexibility index (Phi) is 28.9. The number of likely N-dealkylation sites (N-methyl/N-ethyl adjacent to an activating group) is 1. The van der Waals surface area contributed by atoms with Crippen LogP contribution in [0.5, 0.6) is 0 Å². The smallest absolute Gasteiger partial charge is 0.164 e. The lowest BCUT2D eigenvalue weighted by molar-refractivity contribution is -0.0359. The Labute approximate surface area is 162 Å². The van der Waals surface area contributed by atoms with Gasteiger partial charge in [-0.25, -0.2) is 0 Å². The van der Waals surface area contributed by atoms with Crippen molar-refractivity contribution < 1.29 is 10.2 Å². The van der Waals surface area contributed by atoms with Crippen molar-refractivity contribution in [3.63, 3.8) is 0 Å². The molecular formula is C21H46ClNO2. The second-order valence-corrected chi connectivity index (χ2v) is 7.41. The maximum absolute atomic E-state index is 8.05. The van der Waals surface area contributed by atoms with E-state index in [2.05, 4.69) is 12.2 Å². The molecule has 0 heterocycles. The summed E-state index contributed by atoms with van der Waals surface area (Å²) in [5.74, 6) is 0.846. The summed E-state index contributed by atoms with van der Waals surface area (Å²) in [6.45, 7) is 2.53. The highest BCUT2D eigenvalue weighted by molar-refractivity contribution is 6.17. The first-order valence-corrected chi connectivity index (χ1v) is 11.3. The zero-order valence-electron chi connectivity index (χ0n) is 17.1. The molecule has 0 aliphatic carbocycles. The number of alkyl halides is 1. The Bertz CT molecular complexity index is 200. The van der Waals surface area contributed by atoms with Crippen molar-refractivity contribution in [3.05, 3.63) is 0 Å². The van der Waals surface area contributed by atoms with Gasteiger partial charge in [0.05, 0.1) is 0 Å². The van der Waals surface area contributed by atoms with Gasteiger partial charge in [-0.2, -0.15) is 0 Å². The average molecular weight is 380 g/mol. The standard InChI is InChI=1S/C18H37Cl.C3H9NO2/c1-2-3-4-5-6-7-8-9-10-11-12-13-14-15-16-17-18-19;1-4-2-3(5)6/h2-18H2,1H3;3-6H,2H2,1H3. The molecule has 0 aromatic carbocycles. The third-order valence-electron chi connectivity index (χ3n) is 4.37. The zero-order valence-corrected chi connectivity index (χ0v) is 17.8. The van der Waals surface area contributed by atoms with Gasteiger partial charge in [0.25, 0.3) is 0 Å². The molecule has 4 heteroatoms. The number of halogens is 1. The largest absolute Gasteiger partial charge is 0.367 e. The van der Waals surface area contributed by atoms with Gasteiger partial charge in [-0.1, -0.05) is 103 Å². The minimum absolute atomic E-state index is 0.236. The van der Waals surface area contributed by atoms with Crippen LogP contribution in [0.4, 0.5) is 0 Å². The molecule has 0 bridgehead atoms. The first-order valence-electron chi connectivity index (χ1n) is 10.8. The van der Waals surface area contributed by atoms with Gasteiger partial charge < -0.3 is 15.5 Å². The van der Waals surface area contributed by atoms with E-state index in [4.69, 9.17) is 21.8 Å². The lowest BCUT2D eigenvalue weighted by Gasteiger charge is -2.03. The van der Waals surface area contributed by atoms with Gasteiger partial charge in [-0.3, -0.25) is 0 Å². The number of aliphatic hydroxyl groups is 2. The topological polar surface area (TPSA) is 52.5 Å². The Morgan fingerprint density at radius 1 is 0.640 bits per heavy atom. The lowest BCUT2D eigenvalue weighted by Crippen LogP contribution is -2.22. The number of nitrogens with one attached hydrogen (secondary N) is 1. The van der Waals surface area contributed by atoms with E-state index in [9.17, 15) is 0 Å². The Morgan fingerprint density at radius 2 is 0.960 bits per heavy atom. The fraction of sp³-hybridized carbons (Fsp3) is 1.00. The maximum Gasteiger partial charge on any atom is 0.164 e. The highest BCUT2D eigenvalue weighted by Crippen LogP contribution is 2.13. The third-order valence-corrected chi connectivity index (χ3v) is 4.64. The maximum atomic E-state index is 8.05. The fourth-order valence-corrected chi connectivity index (χ4v) is 3.01. The van der Waals surface area contributed by atoms with E-state index >= 15 is 0 Å². The number of aliphatic hydroxyl groups excluding tert-OH is 1. The molecule has 0 saturated heterocycles. The zero-order chi connectivity index (χ0) is 19.0. The van der Waals surface area contributed by atoms with Crippen molar-refractivity contribution in [2.24, 2.45) is 0 Å². The predicted octanol–water partition coefficient (Wildman–Crippen LogP) is 6.00. The highest BCUT2D eigenvalue weighted by Gasteiger charge is 1.94. The molecule has 154 valence electrons. The molecule has 3 nitrogen and oxygen atoms in total. The van der Waals surface area contributed by atoms with E-state index < -0.39 is 6.29 Å². The van der Waals surface area contributed by atoms with Crippen molar-refractivity contribution in [2.45, 2.75) is 116 Å². The quantitative estimate of drug-likeness (QED) is 0.155. The predicted molar refractivity (Wildman–Crippen MR) is 112 cm³/mol. The van der Waals surface area contributed by atoms with Gasteiger partial charge in [0, 0.05) is 12.4 Å². The van der Waals surface area contributed by atoms with Crippen molar-refractivity contribution in [3.8, 4) is 0 Å². The molecule has 0 aromatic rings. The van der Waals surface area contributed by atoms with Crippen LogP contribution in [0.25, 0.3) is 0 Å². The van der Waals surface area contributed by atoms with Gasteiger partial charge in [0.1, 0.15) is 0 Å². The Balaban J connectivity index is 0. The number of hydrogen-bond acceptors (Lipinski definition) is 3. The van der Waals surface area contributed by atoms with E-state index in [1.165, 1.54) is 103 Å². The van der Waals surface area contributed by atoms with E-state index in [1.807, 2.05) is 0 Å². The lowest BCUT2D eigenvalue weighted by atomic mass is 10.0. The minimum Gasteiger partial charge on any atom is -0.367 e. The number of rotatable bonds is 18. The van der Waals surface area contributed by atoms with Crippen LogP contribution in [-0.4, -0.2) is 36.0 Å². The normalized spacial score (nSPS) is 10.8. The van der Waals surface area contributed by atoms with Gasteiger partial charge in [-0.05, 0) is 13.5 Å². The fourth-order valence-electron chi connectivity index (χ4n) is 2.83. The second kappa shape index (κ2) is 26.4. The first kappa shape index (κ1) is 27.4. The van der Waals surface area contributed by atoms with Crippen LogP contribution >= 0.6 is 11.6 Å². The van der Waals surface area contributed by atoms with Gasteiger partial charge in [-0.15, -0.1) is 11.6 Å². The third kappa shape index (κ3) is 32.3. The molecule has 25 heavy (non-hydrogen) atoms. The highest BCUT2D eigenvalue weighted by atomic mass is 35.5. The molecule has 0 fully saturated rings. The molecular weight excluding hydrogens is 334 g/mol. The van der Waals surface area contributed by atoms with E-state index in [1.54, 1.807) is 7.05 Å². The van der Waals surface area contributed by atoms with Crippen LogP contribution in [0.1, 0.15) is 110 Å². The molecule has 0 unspecified atom stereocenters. The van der Waals surface area contributed by atoms with Crippen LogP contribution in [0.2, 0.25) is 0 Å². The molecule has 0 amide bonds. The van der Waals surface area contributed by atoms with Crippen LogP contribution in [-0.2, 0) is 0 Å². The summed E-state index contributed by atoms with van der Waals surface area (Å²) in [5.41, 5.74) is 0. The van der Waals surface area contributed by atoms with E-state index in [-0.39, 0.29) is 6.54 Å². The summed E-state index contributed by atoms with van der Waals surface area (Å²) in [5, 5.41) is 18.7. The van der Waals surface area contributed by atoms with Crippen LogP contribution < -0.4 is 5.32 Å². The second-order valence-electron chi connectivity index (χ2n) is 7.03. The summed E-state index contributed by atoms with van der Waals surface area (Å²) < 4.78 is 0. The summed E-state index contributed by atoms with van der Waals surface area (Å²) in [6, 6.07) is 0. The summed E-state index contributed by atoms with van der Waals surface area (Å²) in [7, 11) is 1.65. The van der Waals surface area contributed by atoms with Crippen molar-refractivity contribution >= 4 is 11.6 Å². The summed E-state index contributed by atoms with van der Waals surface area (Å²) in [4.78, 5) is 0. The average Bonchev–Trinajstić information content (AvgIpc) is 2.59. The molecule has 0 spiro atoms. The molecule has 0 aromatic heterocycles. The molecule has 0 atom stereocenters. The molecule has 3 N–H and O–H groups in total. The number of hydrogen-bond donors (Lipinski definition) is 3. The molecule has 0 radical (unpaired) electrons.